The van der Waals surface area contributed by atoms with Gasteiger partial charge in [0, 0.05) is 11.3 Å². The van der Waals surface area contributed by atoms with Crippen molar-refractivity contribution in [3.8, 4) is 6.07 Å². The van der Waals surface area contributed by atoms with Gasteiger partial charge in [0.05, 0.1) is 11.3 Å². The predicted octanol–water partition coefficient (Wildman–Crippen LogP) is 2.40. The molecule has 2 rings (SSSR count). The standard InChI is InChI=1S/C14H11N3O/c15-9-11-4-1-2-7-13(11)17-12-6-3-5-10(8-12)14(16)18/h1-8,17H,(H2,16,18). The average Bonchev–Trinajstić information content (AvgIpc) is 2.39. The second-order valence-electron chi connectivity index (χ2n) is 3.73. The molecule has 0 saturated carbocycles. The number of para-hydroxylation sites is 1. The number of carbonyl (C=O) groups excluding carboxylic acids is 1. The van der Waals surface area contributed by atoms with Crippen molar-refractivity contribution in [3.63, 3.8) is 0 Å². The Bertz CT molecular complexity index is 629. The maximum absolute atomic E-state index is 11.1. The summed E-state index contributed by atoms with van der Waals surface area (Å²) in [5.74, 6) is -0.479. The largest absolute Gasteiger partial charge is 0.366 e. The number of benzene rings is 2. The van der Waals surface area contributed by atoms with E-state index in [1.54, 1.807) is 42.5 Å². The van der Waals surface area contributed by atoms with Gasteiger partial charge in [0.1, 0.15) is 6.07 Å². The number of hydrogen-bond acceptors (Lipinski definition) is 3. The molecule has 4 nitrogen and oxygen atoms in total. The molecular formula is C14H11N3O. The first kappa shape index (κ1) is 11.7. The molecule has 0 aliphatic carbocycles. The first-order valence-corrected chi connectivity index (χ1v) is 5.37. The van der Waals surface area contributed by atoms with E-state index in [0.29, 0.717) is 22.5 Å². The van der Waals surface area contributed by atoms with Crippen molar-refractivity contribution in [2.45, 2.75) is 0 Å². The fraction of sp³-hybridized carbons (Fsp3) is 0. The molecule has 0 spiro atoms. The lowest BCUT2D eigenvalue weighted by atomic mass is 10.1. The van der Waals surface area contributed by atoms with Gasteiger partial charge in [0.25, 0.3) is 0 Å². The summed E-state index contributed by atoms with van der Waals surface area (Å²) in [6.45, 7) is 0. The highest BCUT2D eigenvalue weighted by Crippen LogP contribution is 2.20. The normalized spacial score (nSPS) is 9.50. The number of nitrogens with two attached hydrogens (primary N) is 1. The highest BCUT2D eigenvalue weighted by Gasteiger charge is 2.03. The van der Waals surface area contributed by atoms with E-state index >= 15 is 0 Å². The van der Waals surface area contributed by atoms with Crippen LogP contribution in [0, 0.1) is 11.3 Å². The Labute approximate surface area is 105 Å². The topological polar surface area (TPSA) is 78.9 Å². The van der Waals surface area contributed by atoms with E-state index in [1.165, 1.54) is 0 Å². The average molecular weight is 237 g/mol. The fourth-order valence-corrected chi connectivity index (χ4v) is 1.60. The van der Waals surface area contributed by atoms with Gasteiger partial charge in [-0.15, -0.1) is 0 Å². The van der Waals surface area contributed by atoms with Gasteiger partial charge in [-0.05, 0) is 30.3 Å². The molecule has 0 bridgehead atoms. The Morgan fingerprint density at radius 2 is 1.94 bits per heavy atom. The Balaban J connectivity index is 2.32. The molecule has 2 aromatic carbocycles. The minimum Gasteiger partial charge on any atom is -0.366 e. The Morgan fingerprint density at radius 1 is 1.17 bits per heavy atom. The molecule has 0 aliphatic heterocycles. The SMILES string of the molecule is N#Cc1ccccc1Nc1cccc(C(N)=O)c1. The Hall–Kier alpha value is -2.80. The first-order valence-electron chi connectivity index (χ1n) is 5.37. The van der Waals surface area contributed by atoms with Gasteiger partial charge in [-0.3, -0.25) is 4.79 Å². The summed E-state index contributed by atoms with van der Waals surface area (Å²) in [6, 6.07) is 16.1. The number of primary amides is 1. The van der Waals surface area contributed by atoms with Crippen molar-refractivity contribution in [1.82, 2.24) is 0 Å². The highest BCUT2D eigenvalue weighted by molar-refractivity contribution is 5.93. The fourth-order valence-electron chi connectivity index (χ4n) is 1.60. The van der Waals surface area contributed by atoms with E-state index in [4.69, 9.17) is 11.0 Å². The van der Waals surface area contributed by atoms with Crippen LogP contribution in [0.5, 0.6) is 0 Å². The highest BCUT2D eigenvalue weighted by atomic mass is 16.1. The maximum Gasteiger partial charge on any atom is 0.248 e. The summed E-state index contributed by atoms with van der Waals surface area (Å²) in [7, 11) is 0. The molecule has 88 valence electrons. The summed E-state index contributed by atoms with van der Waals surface area (Å²) < 4.78 is 0. The molecule has 4 heteroatoms. The molecule has 0 heterocycles. The molecular weight excluding hydrogens is 226 g/mol. The summed E-state index contributed by atoms with van der Waals surface area (Å²) in [4.78, 5) is 11.1. The van der Waals surface area contributed by atoms with Crippen LogP contribution in [-0.4, -0.2) is 5.91 Å². The van der Waals surface area contributed by atoms with Crippen LogP contribution in [0.3, 0.4) is 0 Å². The lowest BCUT2D eigenvalue weighted by Gasteiger charge is -2.08. The molecule has 0 radical (unpaired) electrons. The monoisotopic (exact) mass is 237 g/mol. The van der Waals surface area contributed by atoms with Crippen LogP contribution in [0.2, 0.25) is 0 Å². The lowest BCUT2D eigenvalue weighted by molar-refractivity contribution is 0.100. The van der Waals surface area contributed by atoms with Crippen molar-refractivity contribution in [3.05, 3.63) is 59.7 Å². The van der Waals surface area contributed by atoms with Gasteiger partial charge >= 0.3 is 0 Å². The van der Waals surface area contributed by atoms with Gasteiger partial charge in [-0.1, -0.05) is 18.2 Å². The minimum atomic E-state index is -0.479. The van der Waals surface area contributed by atoms with Gasteiger partial charge < -0.3 is 11.1 Å². The number of anilines is 2. The summed E-state index contributed by atoms with van der Waals surface area (Å²) in [5.41, 5.74) is 7.59. The zero-order chi connectivity index (χ0) is 13.0. The predicted molar refractivity (Wildman–Crippen MR) is 69.4 cm³/mol. The van der Waals surface area contributed by atoms with E-state index in [9.17, 15) is 4.79 Å². The van der Waals surface area contributed by atoms with E-state index in [2.05, 4.69) is 11.4 Å². The number of carbonyl (C=O) groups is 1. The third kappa shape index (κ3) is 2.47. The molecule has 3 N–H and O–H groups in total. The van der Waals surface area contributed by atoms with Crippen molar-refractivity contribution >= 4 is 17.3 Å². The number of nitriles is 1. The molecule has 0 fully saturated rings. The van der Waals surface area contributed by atoms with Gasteiger partial charge in [-0.25, -0.2) is 0 Å². The number of nitrogens with zero attached hydrogens (tertiary/aromatic N) is 1. The Kier molecular flexibility index (Phi) is 3.26. The zero-order valence-electron chi connectivity index (χ0n) is 9.55. The number of amides is 1. The van der Waals surface area contributed by atoms with Gasteiger partial charge in [0.15, 0.2) is 0 Å². The maximum atomic E-state index is 11.1. The van der Waals surface area contributed by atoms with Gasteiger partial charge in [0.2, 0.25) is 5.91 Å². The minimum absolute atomic E-state index is 0.425. The molecule has 0 saturated heterocycles. The smallest absolute Gasteiger partial charge is 0.248 e. The van der Waals surface area contributed by atoms with Crippen molar-refractivity contribution in [2.75, 3.05) is 5.32 Å². The molecule has 1 amide bonds. The van der Waals surface area contributed by atoms with E-state index in [1.807, 2.05) is 6.07 Å². The second kappa shape index (κ2) is 5.02. The third-order valence-electron chi connectivity index (χ3n) is 2.47. The zero-order valence-corrected chi connectivity index (χ0v) is 9.55. The summed E-state index contributed by atoms with van der Waals surface area (Å²) in [6.07, 6.45) is 0. The van der Waals surface area contributed by atoms with Gasteiger partial charge in [-0.2, -0.15) is 5.26 Å². The second-order valence-corrected chi connectivity index (χ2v) is 3.73. The van der Waals surface area contributed by atoms with Crippen molar-refractivity contribution < 1.29 is 4.79 Å². The molecule has 0 aliphatic rings. The molecule has 2 aromatic rings. The summed E-state index contributed by atoms with van der Waals surface area (Å²) in [5, 5.41) is 12.1. The third-order valence-corrected chi connectivity index (χ3v) is 2.47. The number of nitrogens with one attached hydrogen (secondary N) is 1. The van der Waals surface area contributed by atoms with Crippen LogP contribution >= 0.6 is 0 Å². The van der Waals surface area contributed by atoms with Crippen LogP contribution in [0.15, 0.2) is 48.5 Å². The van der Waals surface area contributed by atoms with Crippen LogP contribution in [0.1, 0.15) is 15.9 Å². The molecule has 0 unspecified atom stereocenters. The lowest BCUT2D eigenvalue weighted by Crippen LogP contribution is -2.10. The molecule has 0 atom stereocenters. The van der Waals surface area contributed by atoms with Crippen molar-refractivity contribution in [1.29, 1.82) is 5.26 Å². The van der Waals surface area contributed by atoms with E-state index < -0.39 is 5.91 Å². The molecule has 0 aromatic heterocycles. The Morgan fingerprint density at radius 3 is 2.67 bits per heavy atom. The van der Waals surface area contributed by atoms with Crippen LogP contribution in [0.4, 0.5) is 11.4 Å². The number of hydrogen-bond donors (Lipinski definition) is 2. The van der Waals surface area contributed by atoms with Crippen LogP contribution in [-0.2, 0) is 0 Å². The first-order chi connectivity index (χ1) is 8.70. The van der Waals surface area contributed by atoms with E-state index in [-0.39, 0.29) is 0 Å². The van der Waals surface area contributed by atoms with Crippen LogP contribution < -0.4 is 11.1 Å². The molecule has 18 heavy (non-hydrogen) atoms. The quantitative estimate of drug-likeness (QED) is 0.860. The van der Waals surface area contributed by atoms with E-state index in [0.717, 1.165) is 0 Å². The van der Waals surface area contributed by atoms with Crippen molar-refractivity contribution in [2.24, 2.45) is 5.73 Å². The van der Waals surface area contributed by atoms with Crippen LogP contribution in [0.25, 0.3) is 0 Å². The number of rotatable bonds is 3. The summed E-state index contributed by atoms with van der Waals surface area (Å²) >= 11 is 0.